The molecule has 0 aliphatic carbocycles. The zero-order valence-corrected chi connectivity index (χ0v) is 10.3. The van der Waals surface area contributed by atoms with Crippen molar-refractivity contribution < 1.29 is 9.47 Å². The molecule has 1 aromatic carbocycles. The van der Waals surface area contributed by atoms with Gasteiger partial charge in [-0.1, -0.05) is 19.8 Å². The topological polar surface area (TPSA) is 44.5 Å². The van der Waals surface area contributed by atoms with E-state index in [-0.39, 0.29) is 6.04 Å². The van der Waals surface area contributed by atoms with Crippen molar-refractivity contribution in [3.8, 4) is 11.5 Å². The van der Waals surface area contributed by atoms with Gasteiger partial charge in [-0.05, 0) is 24.1 Å². The maximum Gasteiger partial charge on any atom is 0.122 e. The molecule has 0 spiro atoms. The molecule has 1 atom stereocenters. The van der Waals surface area contributed by atoms with Crippen LogP contribution < -0.4 is 15.2 Å². The van der Waals surface area contributed by atoms with E-state index in [1.807, 2.05) is 18.2 Å². The number of hydrogen-bond donors (Lipinski definition) is 1. The Bertz CT molecular complexity index is 303. The van der Waals surface area contributed by atoms with Crippen molar-refractivity contribution in [3.05, 3.63) is 23.8 Å². The molecule has 0 aliphatic rings. The summed E-state index contributed by atoms with van der Waals surface area (Å²) in [6, 6.07) is 5.87. The summed E-state index contributed by atoms with van der Waals surface area (Å²) in [7, 11) is 3.30. The summed E-state index contributed by atoms with van der Waals surface area (Å²) >= 11 is 0. The molecular weight excluding hydrogens is 202 g/mol. The number of hydrogen-bond acceptors (Lipinski definition) is 3. The fourth-order valence-corrected chi connectivity index (χ4v) is 1.63. The van der Waals surface area contributed by atoms with Gasteiger partial charge in [0, 0.05) is 12.1 Å². The maximum absolute atomic E-state index is 6.12. The van der Waals surface area contributed by atoms with Gasteiger partial charge in [-0.15, -0.1) is 0 Å². The largest absolute Gasteiger partial charge is 0.497 e. The quantitative estimate of drug-likeness (QED) is 0.806. The zero-order valence-electron chi connectivity index (χ0n) is 10.3. The molecule has 0 aliphatic heterocycles. The van der Waals surface area contributed by atoms with Gasteiger partial charge in [0.05, 0.1) is 14.2 Å². The lowest BCUT2D eigenvalue weighted by Crippen LogP contribution is -2.10. The van der Waals surface area contributed by atoms with E-state index >= 15 is 0 Å². The summed E-state index contributed by atoms with van der Waals surface area (Å²) in [4.78, 5) is 0. The Morgan fingerprint density at radius 2 is 1.69 bits per heavy atom. The second-order valence-corrected chi connectivity index (χ2v) is 3.89. The molecule has 1 rings (SSSR count). The van der Waals surface area contributed by atoms with E-state index in [1.165, 1.54) is 0 Å². The van der Waals surface area contributed by atoms with E-state index in [1.54, 1.807) is 14.2 Å². The van der Waals surface area contributed by atoms with Crippen molar-refractivity contribution in [2.45, 2.75) is 32.2 Å². The van der Waals surface area contributed by atoms with Crippen molar-refractivity contribution >= 4 is 0 Å². The minimum atomic E-state index is 0.0592. The van der Waals surface area contributed by atoms with Gasteiger partial charge in [0.25, 0.3) is 0 Å². The molecule has 0 unspecified atom stereocenters. The highest BCUT2D eigenvalue weighted by atomic mass is 16.5. The Morgan fingerprint density at radius 1 is 1.12 bits per heavy atom. The molecule has 0 fully saturated rings. The lowest BCUT2D eigenvalue weighted by atomic mass is 10.0. The maximum atomic E-state index is 6.12. The van der Waals surface area contributed by atoms with Crippen molar-refractivity contribution in [1.82, 2.24) is 0 Å². The number of rotatable bonds is 6. The Hall–Kier alpha value is -1.22. The van der Waals surface area contributed by atoms with E-state index in [2.05, 4.69) is 6.92 Å². The first-order valence-electron chi connectivity index (χ1n) is 5.69. The second kappa shape index (κ2) is 6.38. The van der Waals surface area contributed by atoms with Gasteiger partial charge < -0.3 is 15.2 Å². The second-order valence-electron chi connectivity index (χ2n) is 3.89. The SMILES string of the molecule is CCCC[C@@H](N)c1cc(OC)cc(OC)c1. The molecule has 0 aromatic heterocycles. The number of nitrogens with two attached hydrogens (primary N) is 1. The van der Waals surface area contributed by atoms with Crippen LogP contribution in [0, 0.1) is 0 Å². The standard InChI is InChI=1S/C13H21NO2/c1-4-5-6-13(14)10-7-11(15-2)9-12(8-10)16-3/h7-9,13H,4-6,14H2,1-3H3/t13-/m1/s1. The highest BCUT2D eigenvalue weighted by molar-refractivity contribution is 5.39. The van der Waals surface area contributed by atoms with E-state index < -0.39 is 0 Å². The minimum absolute atomic E-state index is 0.0592. The van der Waals surface area contributed by atoms with Gasteiger partial charge in [-0.3, -0.25) is 0 Å². The molecule has 16 heavy (non-hydrogen) atoms. The molecule has 0 bridgehead atoms. The molecule has 0 heterocycles. The highest BCUT2D eigenvalue weighted by Gasteiger charge is 2.09. The van der Waals surface area contributed by atoms with Crippen LogP contribution in [-0.4, -0.2) is 14.2 Å². The molecule has 2 N–H and O–H groups in total. The Balaban J connectivity index is 2.85. The smallest absolute Gasteiger partial charge is 0.122 e. The Morgan fingerprint density at radius 3 is 2.12 bits per heavy atom. The molecule has 0 saturated carbocycles. The van der Waals surface area contributed by atoms with Crippen LogP contribution in [-0.2, 0) is 0 Å². The normalized spacial score (nSPS) is 12.2. The number of unbranched alkanes of at least 4 members (excludes halogenated alkanes) is 1. The van der Waals surface area contributed by atoms with Crippen LogP contribution in [0.3, 0.4) is 0 Å². The molecule has 0 amide bonds. The lowest BCUT2D eigenvalue weighted by Gasteiger charge is -2.14. The van der Waals surface area contributed by atoms with Crippen LogP contribution in [0.15, 0.2) is 18.2 Å². The number of ether oxygens (including phenoxy) is 2. The molecule has 3 heteroatoms. The summed E-state index contributed by atoms with van der Waals surface area (Å²) in [6.07, 6.45) is 3.29. The average molecular weight is 223 g/mol. The van der Waals surface area contributed by atoms with Crippen LogP contribution in [0.2, 0.25) is 0 Å². The third-order valence-electron chi connectivity index (χ3n) is 2.67. The first-order chi connectivity index (χ1) is 7.71. The summed E-state index contributed by atoms with van der Waals surface area (Å²) in [5.74, 6) is 1.59. The fraction of sp³-hybridized carbons (Fsp3) is 0.538. The summed E-state index contributed by atoms with van der Waals surface area (Å²) in [5, 5.41) is 0. The summed E-state index contributed by atoms with van der Waals surface area (Å²) in [6.45, 7) is 2.17. The summed E-state index contributed by atoms with van der Waals surface area (Å²) in [5.41, 5.74) is 7.19. The number of benzene rings is 1. The summed E-state index contributed by atoms with van der Waals surface area (Å²) < 4.78 is 10.4. The highest BCUT2D eigenvalue weighted by Crippen LogP contribution is 2.27. The van der Waals surface area contributed by atoms with Gasteiger partial charge in [-0.2, -0.15) is 0 Å². The Kier molecular flexibility index (Phi) is 5.12. The van der Waals surface area contributed by atoms with Crippen LogP contribution in [0.1, 0.15) is 37.8 Å². The van der Waals surface area contributed by atoms with E-state index in [0.29, 0.717) is 0 Å². The average Bonchev–Trinajstić information content (AvgIpc) is 2.35. The first-order valence-corrected chi connectivity index (χ1v) is 5.69. The predicted octanol–water partition coefficient (Wildman–Crippen LogP) is 2.89. The molecule has 90 valence electrons. The fourth-order valence-electron chi connectivity index (χ4n) is 1.63. The monoisotopic (exact) mass is 223 g/mol. The van der Waals surface area contributed by atoms with Crippen molar-refractivity contribution in [2.75, 3.05) is 14.2 Å². The zero-order chi connectivity index (χ0) is 12.0. The third-order valence-corrected chi connectivity index (χ3v) is 2.67. The molecule has 0 radical (unpaired) electrons. The predicted molar refractivity (Wildman–Crippen MR) is 66.0 cm³/mol. The van der Waals surface area contributed by atoms with E-state index in [9.17, 15) is 0 Å². The van der Waals surface area contributed by atoms with E-state index in [0.717, 1.165) is 36.3 Å². The first kappa shape index (κ1) is 12.8. The van der Waals surface area contributed by atoms with Crippen LogP contribution in [0.5, 0.6) is 11.5 Å². The van der Waals surface area contributed by atoms with Gasteiger partial charge in [-0.25, -0.2) is 0 Å². The van der Waals surface area contributed by atoms with Gasteiger partial charge in [0.2, 0.25) is 0 Å². The Labute approximate surface area is 97.6 Å². The molecular formula is C13H21NO2. The van der Waals surface area contributed by atoms with Crippen LogP contribution in [0.4, 0.5) is 0 Å². The van der Waals surface area contributed by atoms with Crippen LogP contribution in [0.25, 0.3) is 0 Å². The minimum Gasteiger partial charge on any atom is -0.497 e. The number of methoxy groups -OCH3 is 2. The van der Waals surface area contributed by atoms with Crippen LogP contribution >= 0.6 is 0 Å². The van der Waals surface area contributed by atoms with Crippen molar-refractivity contribution in [3.63, 3.8) is 0 Å². The molecule has 0 saturated heterocycles. The lowest BCUT2D eigenvalue weighted by molar-refractivity contribution is 0.392. The van der Waals surface area contributed by atoms with Crippen molar-refractivity contribution in [2.24, 2.45) is 5.73 Å². The van der Waals surface area contributed by atoms with Gasteiger partial charge in [0.1, 0.15) is 11.5 Å². The van der Waals surface area contributed by atoms with E-state index in [4.69, 9.17) is 15.2 Å². The molecule has 3 nitrogen and oxygen atoms in total. The van der Waals surface area contributed by atoms with Gasteiger partial charge in [0.15, 0.2) is 0 Å². The third kappa shape index (κ3) is 3.42. The van der Waals surface area contributed by atoms with Gasteiger partial charge >= 0.3 is 0 Å². The van der Waals surface area contributed by atoms with Crippen molar-refractivity contribution in [1.29, 1.82) is 0 Å². The molecule has 1 aromatic rings.